The van der Waals surface area contributed by atoms with Crippen molar-refractivity contribution in [1.29, 1.82) is 0 Å². The standard InChI is InChI=1S/C12H10FN3O4/c13-10-3-7(16-4-8(5-17)20-12(16)18)1-2-9(10)11-14-6-19-15-11/h1-3,6,8,17H,4-5H2/t8-/m1/s1. The molecule has 1 aromatic heterocycles. The van der Waals surface area contributed by atoms with E-state index in [0.717, 1.165) is 6.39 Å². The number of aromatic nitrogens is 2. The fourth-order valence-corrected chi connectivity index (χ4v) is 1.97. The van der Waals surface area contributed by atoms with E-state index in [1.54, 1.807) is 6.07 Å². The molecule has 1 fully saturated rings. The van der Waals surface area contributed by atoms with Crippen LogP contribution in [0.3, 0.4) is 0 Å². The topological polar surface area (TPSA) is 88.7 Å². The minimum atomic E-state index is -0.615. The Balaban J connectivity index is 1.89. The third-order valence-electron chi connectivity index (χ3n) is 2.94. The van der Waals surface area contributed by atoms with Crippen LogP contribution < -0.4 is 4.90 Å². The first-order valence-electron chi connectivity index (χ1n) is 5.84. The zero-order valence-electron chi connectivity index (χ0n) is 10.2. The van der Waals surface area contributed by atoms with Crippen LogP contribution in [0.4, 0.5) is 14.9 Å². The summed E-state index contributed by atoms with van der Waals surface area (Å²) in [5.74, 6) is -0.449. The van der Waals surface area contributed by atoms with E-state index in [2.05, 4.69) is 14.7 Å². The van der Waals surface area contributed by atoms with Crippen molar-refractivity contribution in [2.45, 2.75) is 6.10 Å². The number of ether oxygens (including phenoxy) is 1. The van der Waals surface area contributed by atoms with E-state index in [-0.39, 0.29) is 24.5 Å². The molecule has 8 heteroatoms. The molecule has 2 heterocycles. The summed E-state index contributed by atoms with van der Waals surface area (Å²) >= 11 is 0. The Morgan fingerprint density at radius 1 is 1.50 bits per heavy atom. The molecule has 1 aliphatic rings. The molecule has 0 unspecified atom stereocenters. The maximum Gasteiger partial charge on any atom is 0.414 e. The largest absolute Gasteiger partial charge is 0.441 e. The second-order valence-corrected chi connectivity index (χ2v) is 4.22. The number of halogens is 1. The van der Waals surface area contributed by atoms with Crippen LogP contribution >= 0.6 is 0 Å². The molecule has 1 amide bonds. The van der Waals surface area contributed by atoms with Crippen molar-refractivity contribution in [3.05, 3.63) is 30.4 Å². The number of cyclic esters (lactones) is 1. The SMILES string of the molecule is O=C1O[C@@H](CO)CN1c1ccc(-c2ncon2)c(F)c1. The minimum absolute atomic E-state index is 0.131. The number of amides is 1. The van der Waals surface area contributed by atoms with Crippen LogP contribution in [0.25, 0.3) is 11.4 Å². The fraction of sp³-hybridized carbons (Fsp3) is 0.250. The number of anilines is 1. The summed E-state index contributed by atoms with van der Waals surface area (Å²) in [7, 11) is 0. The average Bonchev–Trinajstić information content (AvgIpc) is 3.07. The maximum absolute atomic E-state index is 14.0. The van der Waals surface area contributed by atoms with Gasteiger partial charge in [-0.2, -0.15) is 4.98 Å². The molecule has 1 aromatic carbocycles. The number of hydrogen-bond donors (Lipinski definition) is 1. The van der Waals surface area contributed by atoms with Crippen LogP contribution in [0.1, 0.15) is 0 Å². The third kappa shape index (κ3) is 2.10. The molecule has 2 aromatic rings. The molecule has 7 nitrogen and oxygen atoms in total. The summed E-state index contributed by atoms with van der Waals surface area (Å²) in [5, 5.41) is 12.5. The first kappa shape index (κ1) is 12.5. The summed E-state index contributed by atoms with van der Waals surface area (Å²) in [5.41, 5.74) is 0.518. The highest BCUT2D eigenvalue weighted by Crippen LogP contribution is 2.27. The molecule has 0 bridgehead atoms. The Labute approximate surface area is 112 Å². The molecule has 0 spiro atoms. The van der Waals surface area contributed by atoms with Gasteiger partial charge in [0, 0.05) is 0 Å². The van der Waals surface area contributed by atoms with Gasteiger partial charge in [-0.05, 0) is 18.2 Å². The molecular weight excluding hydrogens is 269 g/mol. The summed E-state index contributed by atoms with van der Waals surface area (Å²) in [6.45, 7) is -0.0952. The summed E-state index contributed by atoms with van der Waals surface area (Å²) in [6.07, 6.45) is -0.106. The number of aliphatic hydroxyl groups is 1. The number of aliphatic hydroxyl groups excluding tert-OH is 1. The number of carbonyl (C=O) groups excluding carboxylic acids is 1. The van der Waals surface area contributed by atoms with E-state index in [0.29, 0.717) is 5.69 Å². The lowest BCUT2D eigenvalue weighted by atomic mass is 10.1. The molecule has 0 radical (unpaired) electrons. The summed E-state index contributed by atoms with van der Waals surface area (Å²) < 4.78 is 23.5. The highest BCUT2D eigenvalue weighted by Gasteiger charge is 2.32. The lowest BCUT2D eigenvalue weighted by molar-refractivity contribution is 0.0963. The zero-order valence-corrected chi connectivity index (χ0v) is 10.2. The fourth-order valence-electron chi connectivity index (χ4n) is 1.97. The molecule has 0 saturated carbocycles. The van der Waals surface area contributed by atoms with Gasteiger partial charge < -0.3 is 14.4 Å². The van der Waals surface area contributed by atoms with E-state index < -0.39 is 18.0 Å². The van der Waals surface area contributed by atoms with Crippen LogP contribution in [0.15, 0.2) is 29.1 Å². The first-order valence-corrected chi connectivity index (χ1v) is 5.84. The molecule has 1 aliphatic heterocycles. The molecule has 0 aliphatic carbocycles. The Morgan fingerprint density at radius 3 is 2.95 bits per heavy atom. The Morgan fingerprint density at radius 2 is 2.35 bits per heavy atom. The van der Waals surface area contributed by atoms with Gasteiger partial charge in [0.15, 0.2) is 0 Å². The van der Waals surface area contributed by atoms with Crippen molar-refractivity contribution >= 4 is 11.8 Å². The monoisotopic (exact) mass is 279 g/mol. The van der Waals surface area contributed by atoms with Crippen LogP contribution in [-0.4, -0.2) is 40.6 Å². The van der Waals surface area contributed by atoms with Crippen LogP contribution in [0.5, 0.6) is 0 Å². The van der Waals surface area contributed by atoms with Crippen LogP contribution in [0.2, 0.25) is 0 Å². The van der Waals surface area contributed by atoms with E-state index in [1.807, 2.05) is 0 Å². The molecule has 3 rings (SSSR count). The summed E-state index contributed by atoms with van der Waals surface area (Å²) in [4.78, 5) is 16.6. The van der Waals surface area contributed by atoms with Gasteiger partial charge in [0.25, 0.3) is 0 Å². The second-order valence-electron chi connectivity index (χ2n) is 4.22. The Kier molecular flexibility index (Phi) is 3.07. The van der Waals surface area contributed by atoms with E-state index in [1.165, 1.54) is 17.0 Å². The van der Waals surface area contributed by atoms with E-state index in [4.69, 9.17) is 9.84 Å². The van der Waals surface area contributed by atoms with Gasteiger partial charge >= 0.3 is 6.09 Å². The highest BCUT2D eigenvalue weighted by atomic mass is 19.1. The van der Waals surface area contributed by atoms with E-state index in [9.17, 15) is 9.18 Å². The predicted molar refractivity (Wildman–Crippen MR) is 64.4 cm³/mol. The first-order chi connectivity index (χ1) is 9.69. The van der Waals surface area contributed by atoms with Crippen molar-refractivity contribution in [1.82, 2.24) is 10.1 Å². The second kappa shape index (κ2) is 4.89. The molecule has 1 atom stereocenters. The average molecular weight is 279 g/mol. The number of rotatable bonds is 3. The molecule has 20 heavy (non-hydrogen) atoms. The van der Waals surface area contributed by atoms with Crippen molar-refractivity contribution in [3.8, 4) is 11.4 Å². The van der Waals surface area contributed by atoms with Gasteiger partial charge in [0.1, 0.15) is 11.9 Å². The van der Waals surface area contributed by atoms with E-state index >= 15 is 0 Å². The minimum Gasteiger partial charge on any atom is -0.441 e. The Bertz CT molecular complexity index is 632. The van der Waals surface area contributed by atoms with Crippen molar-refractivity contribution in [2.75, 3.05) is 18.1 Å². The smallest absolute Gasteiger partial charge is 0.414 e. The van der Waals surface area contributed by atoms with Gasteiger partial charge in [0.05, 0.1) is 24.4 Å². The lowest BCUT2D eigenvalue weighted by Crippen LogP contribution is -2.25. The predicted octanol–water partition coefficient (Wildman–Crippen LogP) is 1.19. The number of nitrogens with zero attached hydrogens (tertiary/aromatic N) is 3. The van der Waals surface area contributed by atoms with Crippen molar-refractivity contribution in [3.63, 3.8) is 0 Å². The molecule has 1 N–H and O–H groups in total. The third-order valence-corrected chi connectivity index (χ3v) is 2.94. The normalized spacial score (nSPS) is 18.4. The van der Waals surface area contributed by atoms with Gasteiger partial charge in [-0.1, -0.05) is 5.16 Å². The number of hydrogen-bond acceptors (Lipinski definition) is 6. The Hall–Kier alpha value is -2.48. The number of benzene rings is 1. The van der Waals surface area contributed by atoms with Gasteiger partial charge in [-0.15, -0.1) is 0 Å². The maximum atomic E-state index is 14.0. The van der Waals surface area contributed by atoms with Gasteiger partial charge in [-0.25, -0.2) is 9.18 Å². The van der Waals surface area contributed by atoms with Crippen molar-refractivity contribution < 1.29 is 23.6 Å². The highest BCUT2D eigenvalue weighted by molar-refractivity contribution is 5.90. The molecule has 1 saturated heterocycles. The lowest BCUT2D eigenvalue weighted by Gasteiger charge is -2.13. The summed E-state index contributed by atoms with van der Waals surface area (Å²) in [6, 6.07) is 4.19. The molecular formula is C12H10FN3O4. The van der Waals surface area contributed by atoms with Crippen LogP contribution in [-0.2, 0) is 4.74 Å². The quantitative estimate of drug-likeness (QED) is 0.908. The molecule has 104 valence electrons. The zero-order chi connectivity index (χ0) is 14.1. The van der Waals surface area contributed by atoms with Gasteiger partial charge in [0.2, 0.25) is 12.2 Å². The van der Waals surface area contributed by atoms with Crippen molar-refractivity contribution in [2.24, 2.45) is 0 Å². The van der Waals surface area contributed by atoms with Crippen LogP contribution in [0, 0.1) is 5.82 Å². The van der Waals surface area contributed by atoms with Gasteiger partial charge in [-0.3, -0.25) is 4.90 Å². The number of carbonyl (C=O) groups is 1.